The molecule has 1 aliphatic rings. The van der Waals surface area contributed by atoms with Crippen LogP contribution in [0.1, 0.15) is 6.92 Å². The maximum atomic E-state index is 12.6. The van der Waals surface area contributed by atoms with Gasteiger partial charge < -0.3 is 24.3 Å². The second-order valence-corrected chi connectivity index (χ2v) is 8.30. The number of likely N-dealkylation sites (N-methyl/N-ethyl adjacent to an activating group) is 1. The normalized spacial score (nSPS) is 14.4. The van der Waals surface area contributed by atoms with E-state index in [-0.39, 0.29) is 11.7 Å². The number of nitrogens with zero attached hydrogens (tertiary/aromatic N) is 4. The first-order chi connectivity index (χ1) is 15.7. The fraction of sp³-hybridized carbons (Fsp3) is 0.348. The summed E-state index contributed by atoms with van der Waals surface area (Å²) in [6.07, 6.45) is 0. The van der Waals surface area contributed by atoms with Gasteiger partial charge in [-0.2, -0.15) is 0 Å². The summed E-state index contributed by atoms with van der Waals surface area (Å²) in [5.74, 6) is 1.24. The molecule has 9 heteroatoms. The average molecular weight is 454 g/mol. The molecule has 32 heavy (non-hydrogen) atoms. The SMILES string of the molecule is CCN1CCN(c2ccccc2NC(=O)CSc2nnc(-c3ccc(OC)cc3)o2)CC1. The minimum atomic E-state index is -0.112. The quantitative estimate of drug-likeness (QED) is 0.518. The van der Waals surface area contributed by atoms with Crippen LogP contribution in [0.15, 0.2) is 58.2 Å². The molecule has 0 atom stereocenters. The highest BCUT2D eigenvalue weighted by Gasteiger charge is 2.19. The van der Waals surface area contributed by atoms with Gasteiger partial charge in [0.25, 0.3) is 5.22 Å². The van der Waals surface area contributed by atoms with Gasteiger partial charge >= 0.3 is 0 Å². The lowest BCUT2D eigenvalue weighted by molar-refractivity contribution is -0.113. The third kappa shape index (κ3) is 5.41. The van der Waals surface area contributed by atoms with E-state index in [0.717, 1.165) is 55.4 Å². The van der Waals surface area contributed by atoms with Crippen molar-refractivity contribution >= 4 is 29.0 Å². The average Bonchev–Trinajstić information content (AvgIpc) is 3.32. The van der Waals surface area contributed by atoms with E-state index in [1.54, 1.807) is 7.11 Å². The molecule has 0 spiro atoms. The number of thioether (sulfide) groups is 1. The van der Waals surface area contributed by atoms with Crippen molar-refractivity contribution in [3.8, 4) is 17.2 Å². The number of ether oxygens (including phenoxy) is 1. The van der Waals surface area contributed by atoms with Gasteiger partial charge in [-0.25, -0.2) is 0 Å². The number of anilines is 2. The molecule has 2 aromatic carbocycles. The summed E-state index contributed by atoms with van der Waals surface area (Å²) >= 11 is 1.22. The fourth-order valence-corrected chi connectivity index (χ4v) is 4.16. The van der Waals surface area contributed by atoms with Crippen molar-refractivity contribution in [3.05, 3.63) is 48.5 Å². The van der Waals surface area contributed by atoms with Crippen molar-refractivity contribution < 1.29 is 13.9 Å². The summed E-state index contributed by atoms with van der Waals surface area (Å²) in [5, 5.41) is 11.5. The van der Waals surface area contributed by atoms with Crippen LogP contribution >= 0.6 is 11.8 Å². The number of aromatic nitrogens is 2. The van der Waals surface area contributed by atoms with Gasteiger partial charge in [0.2, 0.25) is 11.8 Å². The molecule has 0 saturated carbocycles. The van der Waals surface area contributed by atoms with Crippen LogP contribution < -0.4 is 15.0 Å². The lowest BCUT2D eigenvalue weighted by Gasteiger charge is -2.36. The third-order valence-electron chi connectivity index (χ3n) is 5.41. The van der Waals surface area contributed by atoms with Crippen molar-refractivity contribution in [2.45, 2.75) is 12.1 Å². The molecule has 168 valence electrons. The van der Waals surface area contributed by atoms with Crippen LogP contribution in [0.25, 0.3) is 11.5 Å². The molecule has 0 aliphatic carbocycles. The zero-order valence-electron chi connectivity index (χ0n) is 18.3. The van der Waals surface area contributed by atoms with Crippen LogP contribution in [-0.4, -0.2) is 66.6 Å². The second kappa shape index (κ2) is 10.5. The van der Waals surface area contributed by atoms with Gasteiger partial charge in [-0.15, -0.1) is 10.2 Å². The summed E-state index contributed by atoms with van der Waals surface area (Å²) < 4.78 is 10.9. The Balaban J connectivity index is 1.33. The number of rotatable bonds is 8. The summed E-state index contributed by atoms with van der Waals surface area (Å²) in [6.45, 7) is 7.21. The zero-order chi connectivity index (χ0) is 22.3. The zero-order valence-corrected chi connectivity index (χ0v) is 19.1. The van der Waals surface area contributed by atoms with Gasteiger partial charge in [0, 0.05) is 31.7 Å². The van der Waals surface area contributed by atoms with Crippen LogP contribution in [0.5, 0.6) is 5.75 Å². The van der Waals surface area contributed by atoms with Crippen molar-refractivity contribution in [3.63, 3.8) is 0 Å². The molecule has 0 unspecified atom stereocenters. The number of carbonyl (C=O) groups excluding carboxylic acids is 1. The predicted octanol–water partition coefficient (Wildman–Crippen LogP) is 3.62. The van der Waals surface area contributed by atoms with Crippen LogP contribution in [0.2, 0.25) is 0 Å². The number of hydrogen-bond acceptors (Lipinski definition) is 8. The second-order valence-electron chi connectivity index (χ2n) is 7.38. The number of hydrogen-bond donors (Lipinski definition) is 1. The molecule has 2 heterocycles. The number of carbonyl (C=O) groups is 1. The van der Waals surface area contributed by atoms with Crippen molar-refractivity contribution in [1.82, 2.24) is 15.1 Å². The molecular weight excluding hydrogens is 426 g/mol. The molecule has 1 N–H and O–H groups in total. The van der Waals surface area contributed by atoms with Gasteiger partial charge in [0.05, 0.1) is 24.2 Å². The Morgan fingerprint density at radius 2 is 1.84 bits per heavy atom. The topological polar surface area (TPSA) is 83.7 Å². The van der Waals surface area contributed by atoms with Gasteiger partial charge in [0.1, 0.15) is 5.75 Å². The molecule has 1 aromatic heterocycles. The van der Waals surface area contributed by atoms with Gasteiger partial charge in [-0.05, 0) is 42.9 Å². The van der Waals surface area contributed by atoms with Gasteiger partial charge in [0.15, 0.2) is 0 Å². The number of methoxy groups -OCH3 is 1. The number of para-hydroxylation sites is 2. The highest BCUT2D eigenvalue weighted by molar-refractivity contribution is 7.99. The number of amides is 1. The predicted molar refractivity (Wildman–Crippen MR) is 126 cm³/mol. The lowest BCUT2D eigenvalue weighted by Crippen LogP contribution is -2.46. The molecule has 0 bridgehead atoms. The first-order valence-electron chi connectivity index (χ1n) is 10.6. The molecule has 1 fully saturated rings. The molecule has 1 saturated heterocycles. The molecule has 1 amide bonds. The van der Waals surface area contributed by atoms with E-state index in [4.69, 9.17) is 9.15 Å². The Labute approximate surface area is 191 Å². The Kier molecular flexibility index (Phi) is 7.28. The fourth-order valence-electron chi connectivity index (χ4n) is 3.59. The number of piperazine rings is 1. The highest BCUT2D eigenvalue weighted by Crippen LogP contribution is 2.28. The first-order valence-corrected chi connectivity index (χ1v) is 11.6. The van der Waals surface area contributed by atoms with E-state index in [2.05, 4.69) is 38.3 Å². The Morgan fingerprint density at radius 3 is 2.56 bits per heavy atom. The smallest absolute Gasteiger partial charge is 0.277 e. The molecule has 4 rings (SSSR count). The molecule has 0 radical (unpaired) electrons. The minimum absolute atomic E-state index is 0.112. The minimum Gasteiger partial charge on any atom is -0.497 e. The molecule has 3 aromatic rings. The molecule has 8 nitrogen and oxygen atoms in total. The summed E-state index contributed by atoms with van der Waals surface area (Å²) in [7, 11) is 1.62. The largest absolute Gasteiger partial charge is 0.497 e. The Bertz CT molecular complexity index is 1030. The van der Waals surface area contributed by atoms with Gasteiger partial charge in [-0.1, -0.05) is 30.8 Å². The van der Waals surface area contributed by atoms with Crippen molar-refractivity contribution in [1.29, 1.82) is 0 Å². The Morgan fingerprint density at radius 1 is 1.09 bits per heavy atom. The van der Waals surface area contributed by atoms with Crippen molar-refractivity contribution in [2.75, 3.05) is 55.8 Å². The monoisotopic (exact) mass is 453 g/mol. The highest BCUT2D eigenvalue weighted by atomic mass is 32.2. The maximum absolute atomic E-state index is 12.6. The first kappa shape index (κ1) is 22.2. The third-order valence-corrected chi connectivity index (χ3v) is 6.23. The standard InChI is InChI=1S/C23H27N5O3S/c1-3-27-12-14-28(15-13-27)20-7-5-4-6-19(20)24-21(29)16-32-23-26-25-22(31-23)17-8-10-18(30-2)11-9-17/h4-11H,3,12-16H2,1-2H3,(H,24,29). The van der Waals surface area contributed by atoms with E-state index in [1.807, 2.05) is 42.5 Å². The van der Waals surface area contributed by atoms with Crippen LogP contribution in [0.4, 0.5) is 11.4 Å². The summed E-state index contributed by atoms with van der Waals surface area (Å²) in [5.41, 5.74) is 2.68. The van der Waals surface area contributed by atoms with Crippen LogP contribution in [0.3, 0.4) is 0 Å². The number of benzene rings is 2. The van der Waals surface area contributed by atoms with Crippen molar-refractivity contribution in [2.24, 2.45) is 0 Å². The number of nitrogens with one attached hydrogen (secondary N) is 1. The van der Waals surface area contributed by atoms with E-state index in [0.29, 0.717) is 11.1 Å². The van der Waals surface area contributed by atoms with E-state index >= 15 is 0 Å². The van der Waals surface area contributed by atoms with E-state index < -0.39 is 0 Å². The molecular formula is C23H27N5O3S. The maximum Gasteiger partial charge on any atom is 0.277 e. The Hall–Kier alpha value is -3.04. The van der Waals surface area contributed by atoms with Crippen LogP contribution in [0, 0.1) is 0 Å². The van der Waals surface area contributed by atoms with E-state index in [9.17, 15) is 4.79 Å². The summed E-state index contributed by atoms with van der Waals surface area (Å²) in [6, 6.07) is 15.3. The lowest BCUT2D eigenvalue weighted by atomic mass is 10.2. The van der Waals surface area contributed by atoms with Crippen LogP contribution in [-0.2, 0) is 4.79 Å². The molecule has 1 aliphatic heterocycles. The van der Waals surface area contributed by atoms with E-state index in [1.165, 1.54) is 11.8 Å². The summed E-state index contributed by atoms with van der Waals surface area (Å²) in [4.78, 5) is 17.4. The van der Waals surface area contributed by atoms with Gasteiger partial charge in [-0.3, -0.25) is 4.79 Å².